The van der Waals surface area contributed by atoms with Crippen LogP contribution in [0.1, 0.15) is 49.4 Å². The van der Waals surface area contributed by atoms with E-state index in [1.165, 1.54) is 25.3 Å². The van der Waals surface area contributed by atoms with Gasteiger partial charge in [0, 0.05) is 18.2 Å². The monoisotopic (exact) mass is 253 g/mol. The predicted molar refractivity (Wildman–Crippen MR) is 64.9 cm³/mol. The quantitative estimate of drug-likeness (QED) is 0.849. The molecule has 18 heavy (non-hydrogen) atoms. The smallest absolute Gasteiger partial charge is 0.358 e. The summed E-state index contributed by atoms with van der Waals surface area (Å²) < 4.78 is 4.97. The Morgan fingerprint density at radius 1 is 1.56 bits per heavy atom. The number of carbonyl (C=O) groups is 1. The Hall–Kier alpha value is -1.40. The Balaban J connectivity index is 1.91. The number of aromatic carboxylic acids is 1. The fourth-order valence-corrected chi connectivity index (χ4v) is 2.40. The second-order valence-corrected chi connectivity index (χ2v) is 4.85. The van der Waals surface area contributed by atoms with Crippen LogP contribution in [0.3, 0.4) is 0 Å². The lowest BCUT2D eigenvalue weighted by Gasteiger charge is -2.38. The molecule has 1 aliphatic rings. The molecule has 0 aliphatic carbocycles. The van der Waals surface area contributed by atoms with Gasteiger partial charge in [-0.15, -0.1) is 0 Å². The summed E-state index contributed by atoms with van der Waals surface area (Å²) in [5.74, 6) is -0.526. The lowest BCUT2D eigenvalue weighted by atomic mass is 10.00. The zero-order chi connectivity index (χ0) is 13.1. The number of aromatic nitrogens is 1. The van der Waals surface area contributed by atoms with Gasteiger partial charge in [0.1, 0.15) is 0 Å². The maximum absolute atomic E-state index is 10.7. The minimum atomic E-state index is -1.07. The Labute approximate surface area is 106 Å². The fourth-order valence-electron chi connectivity index (χ4n) is 2.40. The van der Waals surface area contributed by atoms with E-state index in [9.17, 15) is 4.79 Å². The van der Waals surface area contributed by atoms with Gasteiger partial charge in [0.2, 0.25) is 0 Å². The third-order valence-electron chi connectivity index (χ3n) is 3.41. The van der Waals surface area contributed by atoms with E-state index < -0.39 is 5.97 Å². The van der Waals surface area contributed by atoms with Gasteiger partial charge < -0.3 is 9.63 Å². The van der Waals surface area contributed by atoms with Crippen LogP contribution in [0.15, 0.2) is 10.6 Å². The molecule has 2 N–H and O–H groups in total. The first-order chi connectivity index (χ1) is 8.58. The van der Waals surface area contributed by atoms with Crippen LogP contribution in [0.5, 0.6) is 0 Å². The van der Waals surface area contributed by atoms with Gasteiger partial charge in [-0.3, -0.25) is 0 Å². The number of hydrazine groups is 1. The van der Waals surface area contributed by atoms with Crippen LogP contribution in [0, 0.1) is 0 Å². The lowest BCUT2D eigenvalue weighted by Crippen LogP contribution is -2.51. The number of hydrogen-bond acceptors (Lipinski definition) is 5. The van der Waals surface area contributed by atoms with Gasteiger partial charge in [0.05, 0.1) is 6.54 Å². The predicted octanol–water partition coefficient (Wildman–Crippen LogP) is 1.64. The van der Waals surface area contributed by atoms with E-state index >= 15 is 0 Å². The molecule has 1 aliphatic heterocycles. The molecule has 6 heteroatoms. The minimum absolute atomic E-state index is 0.0495. The van der Waals surface area contributed by atoms with Gasteiger partial charge >= 0.3 is 5.97 Å². The largest absolute Gasteiger partial charge is 0.476 e. The molecule has 0 amide bonds. The molecule has 1 aromatic rings. The molecule has 0 saturated carbocycles. The van der Waals surface area contributed by atoms with Gasteiger partial charge in [0.25, 0.3) is 0 Å². The van der Waals surface area contributed by atoms with Crippen molar-refractivity contribution in [3.8, 4) is 0 Å². The van der Waals surface area contributed by atoms with E-state index in [-0.39, 0.29) is 5.69 Å². The van der Waals surface area contributed by atoms with Crippen LogP contribution in [0.25, 0.3) is 0 Å². The van der Waals surface area contributed by atoms with Crippen molar-refractivity contribution in [1.82, 2.24) is 15.6 Å². The van der Waals surface area contributed by atoms with Crippen molar-refractivity contribution in [1.29, 1.82) is 0 Å². The topological polar surface area (TPSA) is 78.6 Å². The second kappa shape index (κ2) is 5.49. The normalized spacial score (nSPS) is 25.2. The number of hydrogen-bond donors (Lipinski definition) is 2. The molecule has 6 nitrogen and oxygen atoms in total. The molecule has 2 atom stereocenters. The highest BCUT2D eigenvalue weighted by molar-refractivity contribution is 5.85. The number of nitrogens with one attached hydrogen (secondary N) is 1. The molecule has 100 valence electrons. The zero-order valence-corrected chi connectivity index (χ0v) is 10.7. The van der Waals surface area contributed by atoms with Crippen LogP contribution in [0.2, 0.25) is 0 Å². The molecule has 0 spiro atoms. The molecule has 2 rings (SSSR count). The summed E-state index contributed by atoms with van der Waals surface area (Å²) in [6, 6.07) is 2.42. The summed E-state index contributed by atoms with van der Waals surface area (Å²) in [7, 11) is 0. The fraction of sp³-hybridized carbons (Fsp3) is 0.667. The third kappa shape index (κ3) is 2.88. The molecular weight excluding hydrogens is 234 g/mol. The molecule has 0 aromatic carbocycles. The van der Waals surface area contributed by atoms with Crippen molar-refractivity contribution in [3.63, 3.8) is 0 Å². The summed E-state index contributed by atoms with van der Waals surface area (Å²) in [5.41, 5.74) is 3.25. The van der Waals surface area contributed by atoms with E-state index in [0.717, 1.165) is 0 Å². The van der Waals surface area contributed by atoms with E-state index in [2.05, 4.69) is 29.4 Å². The van der Waals surface area contributed by atoms with Crippen LogP contribution >= 0.6 is 0 Å². The molecule has 1 saturated heterocycles. The molecule has 0 radical (unpaired) electrons. The first-order valence-corrected chi connectivity index (χ1v) is 6.28. The average Bonchev–Trinajstić information content (AvgIpc) is 2.77. The summed E-state index contributed by atoms with van der Waals surface area (Å²) in [6.45, 7) is 4.84. The van der Waals surface area contributed by atoms with Gasteiger partial charge in [-0.1, -0.05) is 11.6 Å². The number of carboxylic acids is 1. The molecule has 1 aromatic heterocycles. The molecule has 0 bridgehead atoms. The third-order valence-corrected chi connectivity index (χ3v) is 3.41. The standard InChI is InChI=1S/C12H19N3O3/c1-8-4-3-5-9(2)15(8)13-7-10-6-11(12(16)17)14-18-10/h6,8-9,13H,3-5,7H2,1-2H3,(H,16,17). The van der Waals surface area contributed by atoms with Crippen LogP contribution < -0.4 is 5.43 Å². The highest BCUT2D eigenvalue weighted by Gasteiger charge is 2.24. The van der Waals surface area contributed by atoms with Crippen molar-refractivity contribution in [2.24, 2.45) is 0 Å². The lowest BCUT2D eigenvalue weighted by molar-refractivity contribution is 0.0404. The van der Waals surface area contributed by atoms with E-state index in [4.69, 9.17) is 9.63 Å². The first-order valence-electron chi connectivity index (χ1n) is 6.28. The minimum Gasteiger partial charge on any atom is -0.476 e. The van der Waals surface area contributed by atoms with E-state index in [1.54, 1.807) is 0 Å². The molecule has 2 unspecified atom stereocenters. The molecule has 1 fully saturated rings. The van der Waals surface area contributed by atoms with Crippen LogP contribution in [-0.4, -0.2) is 33.3 Å². The first kappa shape index (κ1) is 13.0. The van der Waals surface area contributed by atoms with Crippen molar-refractivity contribution in [2.45, 2.75) is 51.7 Å². The maximum atomic E-state index is 10.7. The van der Waals surface area contributed by atoms with E-state index in [1.807, 2.05) is 0 Å². The molecule has 2 heterocycles. The van der Waals surface area contributed by atoms with Crippen LogP contribution in [0.4, 0.5) is 0 Å². The van der Waals surface area contributed by atoms with Gasteiger partial charge in [-0.2, -0.15) is 0 Å². The summed E-state index contributed by atoms with van der Waals surface area (Å²) >= 11 is 0. The Bertz CT molecular complexity index is 408. The van der Waals surface area contributed by atoms with E-state index in [0.29, 0.717) is 24.4 Å². The van der Waals surface area contributed by atoms with Crippen LogP contribution in [-0.2, 0) is 6.54 Å². The SMILES string of the molecule is CC1CCCC(C)N1NCc1cc(C(=O)O)no1. The Morgan fingerprint density at radius 2 is 2.22 bits per heavy atom. The summed E-state index contributed by atoms with van der Waals surface area (Å²) in [5, 5.41) is 14.4. The number of rotatable bonds is 4. The van der Waals surface area contributed by atoms with Gasteiger partial charge in [-0.25, -0.2) is 15.2 Å². The number of nitrogens with zero attached hydrogens (tertiary/aromatic N) is 2. The average molecular weight is 253 g/mol. The highest BCUT2D eigenvalue weighted by atomic mass is 16.5. The maximum Gasteiger partial charge on any atom is 0.358 e. The van der Waals surface area contributed by atoms with Crippen molar-refractivity contribution < 1.29 is 14.4 Å². The molecular formula is C12H19N3O3. The highest BCUT2D eigenvalue weighted by Crippen LogP contribution is 2.20. The summed E-state index contributed by atoms with van der Waals surface area (Å²) in [4.78, 5) is 10.7. The Kier molecular flexibility index (Phi) is 3.98. The van der Waals surface area contributed by atoms with Gasteiger partial charge in [0.15, 0.2) is 11.5 Å². The van der Waals surface area contributed by atoms with Crippen molar-refractivity contribution in [3.05, 3.63) is 17.5 Å². The van der Waals surface area contributed by atoms with Crippen molar-refractivity contribution >= 4 is 5.97 Å². The zero-order valence-electron chi connectivity index (χ0n) is 10.7. The summed E-state index contributed by atoms with van der Waals surface area (Å²) in [6.07, 6.45) is 3.61. The van der Waals surface area contributed by atoms with Crippen molar-refractivity contribution in [2.75, 3.05) is 0 Å². The second-order valence-electron chi connectivity index (χ2n) is 4.85. The Morgan fingerprint density at radius 3 is 2.78 bits per heavy atom. The number of piperidine rings is 1. The number of carboxylic acid groups (broad SMARTS) is 1. The van der Waals surface area contributed by atoms with Gasteiger partial charge in [-0.05, 0) is 26.7 Å².